The van der Waals surface area contributed by atoms with Crippen LogP contribution >= 0.6 is 0 Å². The Morgan fingerprint density at radius 2 is 0.900 bits per heavy atom. The molecule has 0 unspecified atom stereocenters. The van der Waals surface area contributed by atoms with Gasteiger partial charge in [-0.1, -0.05) is 52.0 Å². The van der Waals surface area contributed by atoms with Crippen molar-refractivity contribution in [2.45, 2.75) is 65.2 Å². The minimum absolute atomic E-state index is 0.797. The molecule has 110 valence electrons. The van der Waals surface area contributed by atoms with E-state index in [0.29, 0.717) is 0 Å². The lowest BCUT2D eigenvalue weighted by atomic mass is 9.75. The van der Waals surface area contributed by atoms with Crippen molar-refractivity contribution in [3.8, 4) is 0 Å². The second-order valence-electron chi connectivity index (χ2n) is 7.74. The van der Waals surface area contributed by atoms with Gasteiger partial charge in [0, 0.05) is 0 Å². The molecule has 0 aromatic heterocycles. The lowest BCUT2D eigenvalue weighted by Crippen LogP contribution is -2.16. The van der Waals surface area contributed by atoms with Crippen LogP contribution in [0.2, 0.25) is 0 Å². The molecule has 0 amide bonds. The van der Waals surface area contributed by atoms with E-state index in [1.54, 1.807) is 11.1 Å². The molecule has 2 saturated carbocycles. The molecule has 0 nitrogen and oxygen atoms in total. The highest BCUT2D eigenvalue weighted by atomic mass is 14.4. The summed E-state index contributed by atoms with van der Waals surface area (Å²) in [5, 5.41) is 0. The van der Waals surface area contributed by atoms with Gasteiger partial charge in [-0.2, -0.15) is 0 Å². The molecule has 0 aliphatic heterocycles. The van der Waals surface area contributed by atoms with E-state index < -0.39 is 0 Å². The highest BCUT2D eigenvalue weighted by Crippen LogP contribution is 2.50. The summed E-state index contributed by atoms with van der Waals surface area (Å²) in [6.07, 6.45) is 5.65. The predicted molar refractivity (Wildman–Crippen MR) is 87.0 cm³/mol. The summed E-state index contributed by atoms with van der Waals surface area (Å²) in [6.45, 7) is 9.86. The van der Waals surface area contributed by atoms with E-state index in [2.05, 4.69) is 52.0 Å². The molecule has 2 aliphatic carbocycles. The lowest BCUT2D eigenvalue weighted by molar-refractivity contribution is 0.425. The van der Waals surface area contributed by atoms with Crippen molar-refractivity contribution in [2.24, 2.45) is 23.7 Å². The standard InChI is InChI=1S/C20H30/c1-13-9-10-14(2)19(13)17-7-5-6-8-18(17)20-15(3)11-12-16(20)4/h5-8,13-16,19-20H,9-12H2,1-4H3/t13-,14-,15-,16-/m0/s1. The van der Waals surface area contributed by atoms with Crippen molar-refractivity contribution >= 4 is 0 Å². The van der Waals surface area contributed by atoms with E-state index in [4.69, 9.17) is 0 Å². The summed E-state index contributed by atoms with van der Waals surface area (Å²) >= 11 is 0. The van der Waals surface area contributed by atoms with Crippen LogP contribution in [0, 0.1) is 23.7 Å². The zero-order valence-electron chi connectivity index (χ0n) is 13.6. The Kier molecular flexibility index (Phi) is 3.93. The summed E-state index contributed by atoms with van der Waals surface area (Å²) < 4.78 is 0. The zero-order valence-corrected chi connectivity index (χ0v) is 13.6. The predicted octanol–water partition coefficient (Wildman–Crippen LogP) is 5.99. The molecular formula is C20H30. The molecular weight excluding hydrogens is 240 g/mol. The Hall–Kier alpha value is -0.780. The number of benzene rings is 1. The fraction of sp³-hybridized carbons (Fsp3) is 0.700. The van der Waals surface area contributed by atoms with Crippen molar-refractivity contribution in [1.29, 1.82) is 0 Å². The summed E-state index contributed by atoms with van der Waals surface area (Å²) in [6, 6.07) is 9.41. The van der Waals surface area contributed by atoms with Gasteiger partial charge in [-0.3, -0.25) is 0 Å². The van der Waals surface area contributed by atoms with Crippen molar-refractivity contribution in [3.05, 3.63) is 35.4 Å². The van der Waals surface area contributed by atoms with Crippen molar-refractivity contribution in [1.82, 2.24) is 0 Å². The molecule has 2 fully saturated rings. The van der Waals surface area contributed by atoms with Crippen LogP contribution in [-0.2, 0) is 0 Å². The second-order valence-corrected chi connectivity index (χ2v) is 7.74. The van der Waals surface area contributed by atoms with Crippen LogP contribution in [0.5, 0.6) is 0 Å². The quantitative estimate of drug-likeness (QED) is 0.619. The molecule has 2 aliphatic rings. The third-order valence-electron chi connectivity index (χ3n) is 6.32. The van der Waals surface area contributed by atoms with Crippen LogP contribution in [0.1, 0.15) is 76.3 Å². The van der Waals surface area contributed by atoms with Crippen LogP contribution in [-0.4, -0.2) is 0 Å². The Labute approximate surface area is 125 Å². The molecule has 0 heteroatoms. The van der Waals surface area contributed by atoms with E-state index in [1.165, 1.54) is 25.7 Å². The Morgan fingerprint density at radius 3 is 1.20 bits per heavy atom. The molecule has 0 N–H and O–H groups in total. The first-order chi connectivity index (χ1) is 9.59. The first-order valence-corrected chi connectivity index (χ1v) is 8.68. The number of rotatable bonds is 2. The zero-order chi connectivity index (χ0) is 14.3. The average molecular weight is 270 g/mol. The average Bonchev–Trinajstić information content (AvgIpc) is 2.93. The maximum atomic E-state index is 2.46. The Morgan fingerprint density at radius 1 is 0.600 bits per heavy atom. The summed E-state index contributed by atoms with van der Waals surface area (Å²) in [5.41, 5.74) is 3.38. The normalized spacial score (nSPS) is 35.8. The van der Waals surface area contributed by atoms with E-state index in [-0.39, 0.29) is 0 Å². The van der Waals surface area contributed by atoms with E-state index in [1.807, 2.05) is 0 Å². The van der Waals surface area contributed by atoms with Crippen LogP contribution in [0.3, 0.4) is 0 Å². The number of hydrogen-bond donors (Lipinski definition) is 0. The molecule has 0 bridgehead atoms. The summed E-state index contributed by atoms with van der Waals surface area (Å²) in [7, 11) is 0. The smallest absolute Gasteiger partial charge is 0.0108 e. The molecule has 3 rings (SSSR count). The van der Waals surface area contributed by atoms with Gasteiger partial charge in [0.05, 0.1) is 0 Å². The van der Waals surface area contributed by atoms with Gasteiger partial charge in [0.2, 0.25) is 0 Å². The SMILES string of the molecule is C[C@H]1CC[C@H](C)C1c1ccccc1C1[C@@H](C)CC[C@@H]1C. The topological polar surface area (TPSA) is 0 Å². The highest BCUT2D eigenvalue weighted by molar-refractivity contribution is 5.36. The van der Waals surface area contributed by atoms with Crippen LogP contribution in [0.4, 0.5) is 0 Å². The molecule has 0 heterocycles. The fourth-order valence-corrected chi connectivity index (χ4v) is 5.24. The third kappa shape index (κ3) is 2.32. The molecule has 0 saturated heterocycles. The number of hydrogen-bond acceptors (Lipinski definition) is 0. The molecule has 0 spiro atoms. The van der Waals surface area contributed by atoms with Crippen molar-refractivity contribution in [2.75, 3.05) is 0 Å². The van der Waals surface area contributed by atoms with E-state index in [0.717, 1.165) is 35.5 Å². The van der Waals surface area contributed by atoms with Crippen LogP contribution in [0.15, 0.2) is 24.3 Å². The molecule has 4 atom stereocenters. The molecule has 0 radical (unpaired) electrons. The maximum absolute atomic E-state index is 2.46. The Bertz CT molecular complexity index is 398. The second kappa shape index (κ2) is 5.54. The van der Waals surface area contributed by atoms with Gasteiger partial charge in [0.25, 0.3) is 0 Å². The molecule has 1 aromatic carbocycles. The van der Waals surface area contributed by atoms with Gasteiger partial charge in [-0.05, 0) is 72.3 Å². The largest absolute Gasteiger partial charge is 0.0620 e. The van der Waals surface area contributed by atoms with Crippen molar-refractivity contribution < 1.29 is 0 Å². The first kappa shape index (κ1) is 14.2. The summed E-state index contributed by atoms with van der Waals surface area (Å²) in [5.74, 6) is 5.03. The van der Waals surface area contributed by atoms with Crippen LogP contribution in [0.25, 0.3) is 0 Å². The Balaban J connectivity index is 2.00. The molecule has 20 heavy (non-hydrogen) atoms. The molecule has 1 aromatic rings. The van der Waals surface area contributed by atoms with Crippen LogP contribution < -0.4 is 0 Å². The minimum Gasteiger partial charge on any atom is -0.0620 e. The summed E-state index contributed by atoms with van der Waals surface area (Å²) in [4.78, 5) is 0. The van der Waals surface area contributed by atoms with E-state index in [9.17, 15) is 0 Å². The van der Waals surface area contributed by atoms with Gasteiger partial charge < -0.3 is 0 Å². The van der Waals surface area contributed by atoms with Gasteiger partial charge in [0.1, 0.15) is 0 Å². The first-order valence-electron chi connectivity index (χ1n) is 8.68. The monoisotopic (exact) mass is 270 g/mol. The van der Waals surface area contributed by atoms with Crippen molar-refractivity contribution in [3.63, 3.8) is 0 Å². The third-order valence-corrected chi connectivity index (χ3v) is 6.32. The van der Waals surface area contributed by atoms with Gasteiger partial charge >= 0.3 is 0 Å². The van der Waals surface area contributed by atoms with Gasteiger partial charge in [-0.25, -0.2) is 0 Å². The minimum atomic E-state index is 0.797. The van der Waals surface area contributed by atoms with Gasteiger partial charge in [-0.15, -0.1) is 0 Å². The maximum Gasteiger partial charge on any atom is -0.0108 e. The van der Waals surface area contributed by atoms with E-state index >= 15 is 0 Å². The van der Waals surface area contributed by atoms with Gasteiger partial charge in [0.15, 0.2) is 0 Å². The fourth-order valence-electron chi connectivity index (χ4n) is 5.24. The highest BCUT2D eigenvalue weighted by Gasteiger charge is 2.37. The lowest BCUT2D eigenvalue weighted by Gasteiger charge is -2.29.